The Labute approximate surface area is 128 Å². The number of nitrogens with zero attached hydrogens (tertiary/aromatic N) is 1. The highest BCUT2D eigenvalue weighted by Crippen LogP contribution is 2.31. The van der Waals surface area contributed by atoms with Crippen LogP contribution in [0.3, 0.4) is 0 Å². The van der Waals surface area contributed by atoms with Crippen LogP contribution >= 0.6 is 24.0 Å². The van der Waals surface area contributed by atoms with Crippen molar-refractivity contribution in [2.45, 2.75) is 45.8 Å². The molecule has 1 amide bonds. The maximum Gasteiger partial charge on any atom is 0.331 e. The van der Waals surface area contributed by atoms with Gasteiger partial charge in [0, 0.05) is 17.9 Å². The zero-order chi connectivity index (χ0) is 14.9. The summed E-state index contributed by atoms with van der Waals surface area (Å²) in [4.78, 5) is 25.5. The quantitative estimate of drug-likeness (QED) is 0.589. The molecule has 0 unspecified atom stereocenters. The minimum Gasteiger partial charge on any atom is -0.454 e. The van der Waals surface area contributed by atoms with Gasteiger partial charge in [-0.25, -0.2) is 4.79 Å². The van der Waals surface area contributed by atoms with E-state index in [1.54, 1.807) is 16.7 Å². The lowest BCUT2D eigenvalue weighted by molar-refractivity contribution is -0.141. The Balaban J connectivity index is 2.06. The first-order chi connectivity index (χ1) is 9.43. The van der Waals surface area contributed by atoms with Gasteiger partial charge in [0.05, 0.1) is 6.42 Å². The first-order valence-electron chi connectivity index (χ1n) is 6.84. The van der Waals surface area contributed by atoms with E-state index in [4.69, 9.17) is 17.0 Å². The molecule has 0 aromatic rings. The molecular weight excluding hydrogens is 294 g/mol. The minimum atomic E-state index is -0.416. The molecule has 0 N–H and O–H groups in total. The van der Waals surface area contributed by atoms with Gasteiger partial charge in [-0.15, -0.1) is 0 Å². The van der Waals surface area contributed by atoms with Gasteiger partial charge in [-0.3, -0.25) is 9.69 Å². The van der Waals surface area contributed by atoms with E-state index in [2.05, 4.69) is 13.8 Å². The number of amides is 1. The van der Waals surface area contributed by atoms with E-state index in [9.17, 15) is 9.59 Å². The van der Waals surface area contributed by atoms with Crippen LogP contribution in [0, 0.1) is 5.92 Å². The molecule has 0 radical (unpaired) electrons. The van der Waals surface area contributed by atoms with Gasteiger partial charge in [-0.05, 0) is 17.9 Å². The number of ether oxygens (including phenoxy) is 1. The van der Waals surface area contributed by atoms with Crippen LogP contribution in [0.5, 0.6) is 0 Å². The predicted octanol–water partition coefficient (Wildman–Crippen LogP) is 2.52. The van der Waals surface area contributed by atoms with Crippen LogP contribution in [0.25, 0.3) is 0 Å². The number of esters is 1. The van der Waals surface area contributed by atoms with E-state index in [1.807, 2.05) is 6.92 Å². The average Bonchev–Trinajstić information content (AvgIpc) is 2.92. The van der Waals surface area contributed by atoms with Gasteiger partial charge < -0.3 is 4.74 Å². The van der Waals surface area contributed by atoms with Crippen molar-refractivity contribution in [1.82, 2.24) is 4.90 Å². The van der Waals surface area contributed by atoms with Crippen LogP contribution in [-0.2, 0) is 14.3 Å². The molecule has 20 heavy (non-hydrogen) atoms. The van der Waals surface area contributed by atoms with Crippen molar-refractivity contribution >= 4 is 40.2 Å². The second-order valence-corrected chi connectivity index (χ2v) is 7.01. The molecule has 6 heteroatoms. The Bertz CT molecular complexity index is 473. The van der Waals surface area contributed by atoms with Crippen molar-refractivity contribution in [3.05, 3.63) is 11.6 Å². The third kappa shape index (κ3) is 3.06. The molecule has 1 fully saturated rings. The Kier molecular flexibility index (Phi) is 4.86. The van der Waals surface area contributed by atoms with Crippen LogP contribution in [-0.4, -0.2) is 39.0 Å². The predicted molar refractivity (Wildman–Crippen MR) is 83.4 cm³/mol. The van der Waals surface area contributed by atoms with Crippen molar-refractivity contribution in [2.75, 3.05) is 5.75 Å². The summed E-state index contributed by atoms with van der Waals surface area (Å²) >= 11 is 6.83. The molecule has 0 aliphatic carbocycles. The molecule has 0 bridgehead atoms. The van der Waals surface area contributed by atoms with Crippen LogP contribution in [0.1, 0.15) is 33.6 Å². The summed E-state index contributed by atoms with van der Waals surface area (Å²) in [6.07, 6.45) is 1.99. The first kappa shape index (κ1) is 15.5. The zero-order valence-corrected chi connectivity index (χ0v) is 13.6. The second kappa shape index (κ2) is 6.26. The smallest absolute Gasteiger partial charge is 0.331 e. The highest BCUT2D eigenvalue weighted by Gasteiger charge is 2.38. The molecule has 0 aromatic heterocycles. The largest absolute Gasteiger partial charge is 0.454 e. The summed E-state index contributed by atoms with van der Waals surface area (Å²) in [5.41, 5.74) is 0.891. The molecule has 0 saturated carbocycles. The van der Waals surface area contributed by atoms with Gasteiger partial charge in [-0.1, -0.05) is 44.8 Å². The highest BCUT2D eigenvalue weighted by atomic mass is 32.2. The first-order valence-corrected chi connectivity index (χ1v) is 8.23. The third-order valence-electron chi connectivity index (χ3n) is 3.69. The summed E-state index contributed by atoms with van der Waals surface area (Å²) in [7, 11) is 0. The Morgan fingerprint density at radius 1 is 1.60 bits per heavy atom. The van der Waals surface area contributed by atoms with Crippen LogP contribution in [0.15, 0.2) is 11.6 Å². The topological polar surface area (TPSA) is 46.6 Å². The number of rotatable bonds is 4. The van der Waals surface area contributed by atoms with Crippen LogP contribution in [0.2, 0.25) is 0 Å². The number of carbonyl (C=O) groups is 2. The molecule has 4 nitrogen and oxygen atoms in total. The van der Waals surface area contributed by atoms with Crippen molar-refractivity contribution in [1.29, 1.82) is 0 Å². The van der Waals surface area contributed by atoms with E-state index in [1.165, 1.54) is 6.08 Å². The summed E-state index contributed by atoms with van der Waals surface area (Å²) in [6, 6.07) is 0.145. The third-order valence-corrected chi connectivity index (χ3v) is 5.19. The fourth-order valence-electron chi connectivity index (χ4n) is 2.47. The Morgan fingerprint density at radius 2 is 2.30 bits per heavy atom. The van der Waals surface area contributed by atoms with Gasteiger partial charge in [-0.2, -0.15) is 0 Å². The lowest BCUT2D eigenvalue weighted by atomic mass is 10.0. The van der Waals surface area contributed by atoms with Gasteiger partial charge in [0.15, 0.2) is 0 Å². The highest BCUT2D eigenvalue weighted by molar-refractivity contribution is 8.23. The number of thiocarbonyl (C=S) groups is 1. The van der Waals surface area contributed by atoms with E-state index in [0.717, 1.165) is 17.7 Å². The molecular formula is C14H19NO3S2. The normalized spacial score (nSPS) is 26.2. The number of hydrogen-bond donors (Lipinski definition) is 0. The Morgan fingerprint density at radius 3 is 2.90 bits per heavy atom. The molecule has 1 saturated heterocycles. The SMILES string of the molecule is CCC1=CC(=O)O[C@@H]1CC(=O)N1C(=S)SC[C@@H]1C(C)C. The maximum absolute atomic E-state index is 12.5. The van der Waals surface area contributed by atoms with Crippen molar-refractivity contribution < 1.29 is 14.3 Å². The molecule has 2 rings (SSSR count). The second-order valence-electron chi connectivity index (χ2n) is 5.35. The van der Waals surface area contributed by atoms with Gasteiger partial charge >= 0.3 is 5.97 Å². The standard InChI is InChI=1S/C14H19NO3S2/c1-4-9-5-13(17)18-11(9)6-12(16)15-10(8(2)3)7-20-14(15)19/h5,8,10-11H,4,6-7H2,1-3H3/t10-,11-/m1/s1. The Hall–Kier alpha value is -0.880. The van der Waals surface area contributed by atoms with E-state index < -0.39 is 6.10 Å². The fraction of sp³-hybridized carbons (Fsp3) is 0.643. The molecule has 2 aliphatic heterocycles. The van der Waals surface area contributed by atoms with Gasteiger partial charge in [0.2, 0.25) is 5.91 Å². The maximum atomic E-state index is 12.5. The van der Waals surface area contributed by atoms with Gasteiger partial charge in [0.1, 0.15) is 10.4 Å². The molecule has 0 spiro atoms. The van der Waals surface area contributed by atoms with Crippen molar-refractivity contribution in [2.24, 2.45) is 5.92 Å². The minimum absolute atomic E-state index is 0.0437. The van der Waals surface area contributed by atoms with E-state index >= 15 is 0 Å². The lowest BCUT2D eigenvalue weighted by Gasteiger charge is -2.27. The molecule has 0 aromatic carbocycles. The van der Waals surface area contributed by atoms with Crippen molar-refractivity contribution in [3.8, 4) is 0 Å². The number of hydrogen-bond acceptors (Lipinski definition) is 5. The average molecular weight is 313 g/mol. The summed E-state index contributed by atoms with van der Waals surface area (Å²) in [5, 5.41) is 0. The molecule has 2 aliphatic rings. The lowest BCUT2D eigenvalue weighted by Crippen LogP contribution is -2.43. The number of carbonyl (C=O) groups excluding carboxylic acids is 2. The summed E-state index contributed by atoms with van der Waals surface area (Å²) in [6.45, 7) is 6.14. The summed E-state index contributed by atoms with van der Waals surface area (Å²) in [5.74, 6) is 0.818. The molecule has 2 atom stereocenters. The van der Waals surface area contributed by atoms with Crippen molar-refractivity contribution in [3.63, 3.8) is 0 Å². The van der Waals surface area contributed by atoms with Crippen LogP contribution < -0.4 is 0 Å². The monoisotopic (exact) mass is 313 g/mol. The molecule has 2 heterocycles. The van der Waals surface area contributed by atoms with Crippen LogP contribution in [0.4, 0.5) is 0 Å². The summed E-state index contributed by atoms with van der Waals surface area (Å²) < 4.78 is 5.84. The number of thioether (sulfide) groups is 1. The number of cyclic esters (lactones) is 1. The zero-order valence-electron chi connectivity index (χ0n) is 11.9. The van der Waals surface area contributed by atoms with E-state index in [0.29, 0.717) is 10.2 Å². The fourth-order valence-corrected chi connectivity index (χ4v) is 4.13. The van der Waals surface area contributed by atoms with Gasteiger partial charge in [0.25, 0.3) is 0 Å². The molecule has 110 valence electrons. The van der Waals surface area contributed by atoms with E-state index in [-0.39, 0.29) is 24.3 Å².